The van der Waals surface area contributed by atoms with Crippen LogP contribution in [0.1, 0.15) is 93.0 Å². The fourth-order valence-corrected chi connectivity index (χ4v) is 8.18. The van der Waals surface area contributed by atoms with Gasteiger partial charge in [-0.25, -0.2) is 0 Å². The largest absolute Gasteiger partial charge is 0.493 e. The van der Waals surface area contributed by atoms with Crippen LogP contribution in [0.5, 0.6) is 23.0 Å². The summed E-state index contributed by atoms with van der Waals surface area (Å²) in [7, 11) is 1.29. The van der Waals surface area contributed by atoms with Gasteiger partial charge in [-0.2, -0.15) is 0 Å². The average molecular weight is 822 g/mol. The number of hydrogen-bond acceptors (Lipinski definition) is 10. The van der Waals surface area contributed by atoms with E-state index in [4.69, 9.17) is 46.9 Å². The summed E-state index contributed by atoms with van der Waals surface area (Å²) >= 11 is 13.7. The van der Waals surface area contributed by atoms with E-state index in [1.54, 1.807) is 19.1 Å². The molecule has 2 aliphatic carbocycles. The van der Waals surface area contributed by atoms with Gasteiger partial charge >= 0.3 is 5.97 Å². The fraction of sp³-hybridized carbons (Fsp3) is 0.444. The number of carbonyl (C=O) groups excluding carboxylic acids is 1. The van der Waals surface area contributed by atoms with Crippen molar-refractivity contribution in [3.8, 4) is 34.1 Å². The summed E-state index contributed by atoms with van der Waals surface area (Å²) in [6.45, 7) is 10.7. The second-order valence-corrected chi connectivity index (χ2v) is 15.5. The number of carbonyl (C=O) groups is 1. The van der Waals surface area contributed by atoms with E-state index in [-0.39, 0.29) is 24.8 Å². The molecule has 0 amide bonds. The van der Waals surface area contributed by atoms with Crippen LogP contribution >= 0.6 is 23.2 Å². The van der Waals surface area contributed by atoms with Crippen molar-refractivity contribution in [1.82, 2.24) is 10.6 Å². The summed E-state index contributed by atoms with van der Waals surface area (Å²) in [4.78, 5) is 12.2. The summed E-state index contributed by atoms with van der Waals surface area (Å²) in [6, 6.07) is 19.2. The number of nitrogens with one attached hydrogen (secondary N) is 2. The van der Waals surface area contributed by atoms with Crippen molar-refractivity contribution in [1.29, 1.82) is 0 Å². The third kappa shape index (κ3) is 9.65. The quantitative estimate of drug-likeness (QED) is 0.0727. The Labute approximate surface area is 345 Å². The smallest absolute Gasteiger partial charge is 0.325 e. The zero-order chi connectivity index (χ0) is 40.8. The number of aliphatic hydroxyl groups excluding tert-OH is 2. The van der Waals surface area contributed by atoms with Crippen LogP contribution < -0.4 is 29.6 Å². The van der Waals surface area contributed by atoms with Gasteiger partial charge in [0.05, 0.1) is 42.6 Å². The van der Waals surface area contributed by atoms with E-state index in [0.29, 0.717) is 52.8 Å². The molecule has 6 atom stereocenters. The van der Waals surface area contributed by atoms with Crippen LogP contribution in [0.15, 0.2) is 60.7 Å². The zero-order valence-electron chi connectivity index (χ0n) is 33.5. The number of aliphatic hydroxyl groups is 2. The van der Waals surface area contributed by atoms with E-state index < -0.39 is 24.2 Å². The monoisotopic (exact) mass is 820 g/mol. The van der Waals surface area contributed by atoms with Gasteiger partial charge in [0, 0.05) is 42.4 Å². The first kappa shape index (κ1) is 42.6. The van der Waals surface area contributed by atoms with E-state index in [9.17, 15) is 15.0 Å². The minimum Gasteiger partial charge on any atom is -0.493 e. The number of rotatable bonds is 18. The first-order chi connectivity index (χ1) is 27.4. The third-order valence-corrected chi connectivity index (χ3v) is 11.5. The molecule has 0 aromatic heterocycles. The minimum atomic E-state index is -0.956. The lowest BCUT2D eigenvalue weighted by Crippen LogP contribution is -2.45. The third-order valence-electron chi connectivity index (χ3n) is 10.9. The van der Waals surface area contributed by atoms with Crippen LogP contribution in [0.25, 0.3) is 11.1 Å². The van der Waals surface area contributed by atoms with Gasteiger partial charge in [-0.1, -0.05) is 59.6 Å². The maximum atomic E-state index is 12.2. The van der Waals surface area contributed by atoms with E-state index >= 15 is 0 Å². The molecule has 4 N–H and O–H groups in total. The molecule has 12 heteroatoms. The predicted molar refractivity (Wildman–Crippen MR) is 223 cm³/mol. The Balaban J connectivity index is 1.21. The van der Waals surface area contributed by atoms with Crippen LogP contribution in [0, 0.1) is 0 Å². The molecule has 0 spiro atoms. The van der Waals surface area contributed by atoms with Crippen LogP contribution in [-0.4, -0.2) is 60.8 Å². The summed E-state index contributed by atoms with van der Waals surface area (Å²) in [5.74, 6) is 1.82. The molecule has 0 bridgehead atoms. The van der Waals surface area contributed by atoms with Crippen LogP contribution in [0.3, 0.4) is 0 Å². The fourth-order valence-electron chi connectivity index (χ4n) is 7.72. The normalized spacial score (nSPS) is 17.9. The molecule has 4 aromatic rings. The number of fused-ring (bicyclic) bond motifs is 2. The topological polar surface area (TPSA) is 128 Å². The van der Waals surface area contributed by atoms with Gasteiger partial charge < -0.3 is 39.2 Å². The first-order valence-electron chi connectivity index (χ1n) is 19.8. The molecule has 0 unspecified atom stereocenters. The van der Waals surface area contributed by atoms with Gasteiger partial charge in [0.25, 0.3) is 0 Å². The molecule has 4 aromatic carbocycles. The zero-order valence-corrected chi connectivity index (χ0v) is 35.0. The molecule has 6 rings (SSSR count). The highest BCUT2D eigenvalue weighted by Crippen LogP contribution is 2.47. The van der Waals surface area contributed by atoms with E-state index in [0.717, 1.165) is 47.9 Å². The maximum absolute atomic E-state index is 12.2. The molecule has 0 saturated heterocycles. The molecule has 306 valence electrons. The molecule has 57 heavy (non-hydrogen) atoms. The highest BCUT2D eigenvalue weighted by atomic mass is 35.5. The Kier molecular flexibility index (Phi) is 14.3. The Bertz CT molecular complexity index is 2040. The summed E-state index contributed by atoms with van der Waals surface area (Å²) in [5, 5.41) is 27.4. The molecular weight excluding hydrogens is 767 g/mol. The summed E-state index contributed by atoms with van der Waals surface area (Å²) in [5.41, 5.74) is 8.82. The van der Waals surface area contributed by atoms with Gasteiger partial charge in [-0.05, 0) is 106 Å². The van der Waals surface area contributed by atoms with Crippen LogP contribution in [0.4, 0.5) is 0 Å². The molecule has 10 nitrogen and oxygen atoms in total. The first-order valence-corrected chi connectivity index (χ1v) is 20.6. The van der Waals surface area contributed by atoms with Crippen molar-refractivity contribution in [2.75, 3.05) is 20.3 Å². The van der Waals surface area contributed by atoms with Gasteiger partial charge in [0.15, 0.2) is 0 Å². The van der Waals surface area contributed by atoms with Gasteiger partial charge in [-0.3, -0.25) is 10.1 Å². The molecule has 0 saturated carbocycles. The van der Waals surface area contributed by atoms with Gasteiger partial charge in [0.2, 0.25) is 0 Å². The van der Waals surface area contributed by atoms with Crippen molar-refractivity contribution in [2.24, 2.45) is 0 Å². The standard InChI is InChI=1S/C45H54Cl2N2O8/c1-7-54-40-21-42(36(46)19-28(40)23-48-25(3)26(4)50)56-38-17-15-32-30(11-9-13-34(32)38)31-12-10-14-35-33(31)16-18-39(35)57-43-22-41(55-8-2)29(20-37(43)47)24-49-44(27(5)51)45(52)53-6/h9-14,19-22,25-27,38-39,44,48-51H,7-8,15-18,23-24H2,1-6H3/t25-,26-,27-,38+,39+,44+/m1/s1. The summed E-state index contributed by atoms with van der Waals surface area (Å²) in [6.07, 6.45) is 1.49. The SMILES string of the molecule is CCOc1cc(O[C@H]2CCc3c(-c4cccc5c4CC[C@@H]5Oc4cc(OCC)c(CN[C@H](C)[C@@H](C)O)cc4Cl)cccc32)c(Cl)cc1CN[C@H](C(=O)OC)[C@@H](C)O. The number of esters is 1. The van der Waals surface area contributed by atoms with Crippen LogP contribution in [-0.2, 0) is 35.5 Å². The molecule has 2 aliphatic rings. The lowest BCUT2D eigenvalue weighted by Gasteiger charge is -2.22. The second kappa shape index (κ2) is 19.1. The number of ether oxygens (including phenoxy) is 5. The van der Waals surface area contributed by atoms with Crippen molar-refractivity contribution in [3.63, 3.8) is 0 Å². The van der Waals surface area contributed by atoms with E-state index in [1.807, 2.05) is 32.9 Å². The Morgan fingerprint density at radius 2 is 1.19 bits per heavy atom. The summed E-state index contributed by atoms with van der Waals surface area (Å²) < 4.78 is 30.1. The lowest BCUT2D eigenvalue weighted by atomic mass is 9.91. The number of hydrogen-bond donors (Lipinski definition) is 4. The maximum Gasteiger partial charge on any atom is 0.325 e. The number of halogens is 2. The minimum absolute atomic E-state index is 0.0886. The van der Waals surface area contributed by atoms with E-state index in [2.05, 4.69) is 47.0 Å². The Morgan fingerprint density at radius 3 is 1.61 bits per heavy atom. The lowest BCUT2D eigenvalue weighted by molar-refractivity contribution is -0.145. The number of benzene rings is 4. The Morgan fingerprint density at radius 1 is 0.719 bits per heavy atom. The highest BCUT2D eigenvalue weighted by Gasteiger charge is 2.32. The highest BCUT2D eigenvalue weighted by molar-refractivity contribution is 6.32. The molecule has 0 fully saturated rings. The molecule has 0 radical (unpaired) electrons. The predicted octanol–water partition coefficient (Wildman–Crippen LogP) is 8.46. The Hall–Kier alpha value is -4.03. The van der Waals surface area contributed by atoms with Crippen molar-refractivity contribution in [2.45, 2.75) is 110 Å². The van der Waals surface area contributed by atoms with Crippen LogP contribution in [0.2, 0.25) is 10.0 Å². The van der Waals surface area contributed by atoms with Crippen molar-refractivity contribution >= 4 is 29.2 Å². The van der Waals surface area contributed by atoms with Gasteiger partial charge in [-0.15, -0.1) is 0 Å². The van der Waals surface area contributed by atoms with E-state index in [1.165, 1.54) is 36.3 Å². The van der Waals surface area contributed by atoms with Crippen molar-refractivity contribution < 1.29 is 38.7 Å². The second-order valence-electron chi connectivity index (χ2n) is 14.7. The molecular formula is C45H54Cl2N2O8. The molecule has 0 heterocycles. The average Bonchev–Trinajstić information content (AvgIpc) is 3.80. The van der Waals surface area contributed by atoms with Crippen molar-refractivity contribution in [3.05, 3.63) is 104 Å². The molecule has 0 aliphatic heterocycles. The number of methoxy groups -OCH3 is 1. The van der Waals surface area contributed by atoms with Gasteiger partial charge in [0.1, 0.15) is 41.2 Å².